The highest BCUT2D eigenvalue weighted by molar-refractivity contribution is 5.80. The zero-order valence-corrected chi connectivity index (χ0v) is 15.5. The number of nitrogens with one attached hydrogen (secondary N) is 1. The van der Waals surface area contributed by atoms with Crippen LogP contribution in [0.5, 0.6) is 0 Å². The Morgan fingerprint density at radius 2 is 1.70 bits per heavy atom. The molecule has 0 bridgehead atoms. The van der Waals surface area contributed by atoms with Crippen LogP contribution >= 0.6 is 0 Å². The lowest BCUT2D eigenvalue weighted by atomic mass is 9.93. The van der Waals surface area contributed by atoms with Gasteiger partial charge in [-0.25, -0.2) is 4.39 Å². The van der Waals surface area contributed by atoms with Crippen molar-refractivity contribution in [3.63, 3.8) is 0 Å². The molecular weight excluding hydrogens is 347 g/mol. The van der Waals surface area contributed by atoms with Crippen molar-refractivity contribution in [1.29, 1.82) is 0 Å². The van der Waals surface area contributed by atoms with Gasteiger partial charge >= 0.3 is 5.97 Å². The van der Waals surface area contributed by atoms with Crippen LogP contribution in [0.15, 0.2) is 54.6 Å². The van der Waals surface area contributed by atoms with Crippen LogP contribution < -0.4 is 11.1 Å². The first-order valence-electron chi connectivity index (χ1n) is 8.94. The van der Waals surface area contributed by atoms with Gasteiger partial charge in [-0.05, 0) is 30.2 Å². The number of hydrogen-bond donors (Lipinski definition) is 2. The largest absolute Gasteiger partial charge is 0.466 e. The fraction of sp³-hybridized carbons (Fsp3) is 0.333. The Morgan fingerprint density at radius 3 is 2.30 bits per heavy atom. The maximum atomic E-state index is 13.2. The van der Waals surface area contributed by atoms with Crippen LogP contribution in [0.1, 0.15) is 43.5 Å². The van der Waals surface area contributed by atoms with Gasteiger partial charge in [0.1, 0.15) is 5.82 Å². The van der Waals surface area contributed by atoms with Gasteiger partial charge in [-0.15, -0.1) is 0 Å². The maximum Gasteiger partial charge on any atom is 0.308 e. The summed E-state index contributed by atoms with van der Waals surface area (Å²) in [6.45, 7) is 3.70. The van der Waals surface area contributed by atoms with Crippen LogP contribution in [0.3, 0.4) is 0 Å². The zero-order valence-electron chi connectivity index (χ0n) is 15.5. The van der Waals surface area contributed by atoms with Gasteiger partial charge < -0.3 is 15.8 Å². The topological polar surface area (TPSA) is 81.4 Å². The molecule has 3 unspecified atom stereocenters. The molecule has 0 aliphatic rings. The van der Waals surface area contributed by atoms with Gasteiger partial charge in [-0.3, -0.25) is 9.59 Å². The number of rotatable bonds is 8. The summed E-state index contributed by atoms with van der Waals surface area (Å²) in [4.78, 5) is 24.7. The average molecular weight is 372 g/mol. The molecule has 0 saturated heterocycles. The normalized spacial score (nSPS) is 14.1. The minimum atomic E-state index is -0.623. The van der Waals surface area contributed by atoms with Gasteiger partial charge in [0.25, 0.3) is 0 Å². The fourth-order valence-electron chi connectivity index (χ4n) is 2.76. The third-order valence-corrected chi connectivity index (χ3v) is 4.40. The quantitative estimate of drug-likeness (QED) is 0.697. The Hall–Kier alpha value is -2.73. The summed E-state index contributed by atoms with van der Waals surface area (Å²) < 4.78 is 18.2. The van der Waals surface area contributed by atoms with E-state index < -0.39 is 24.0 Å². The van der Waals surface area contributed by atoms with Crippen LogP contribution in [0.25, 0.3) is 0 Å². The molecule has 2 aromatic carbocycles. The molecule has 0 radical (unpaired) electrons. The highest BCUT2D eigenvalue weighted by Crippen LogP contribution is 2.23. The second-order valence-electron chi connectivity index (χ2n) is 6.35. The molecule has 0 heterocycles. The van der Waals surface area contributed by atoms with E-state index in [4.69, 9.17) is 10.5 Å². The van der Waals surface area contributed by atoms with E-state index in [0.717, 1.165) is 5.56 Å². The number of amides is 1. The Kier molecular flexibility index (Phi) is 7.49. The predicted octanol–water partition coefficient (Wildman–Crippen LogP) is 3.27. The van der Waals surface area contributed by atoms with E-state index in [1.807, 2.05) is 30.3 Å². The lowest BCUT2D eigenvalue weighted by molar-refractivity contribution is -0.143. The standard InChI is InChI=1S/C21H25FN2O3/c1-3-27-19(25)13-18(15-9-11-17(22)12-10-15)24-21(26)14(2)20(23)16-7-5-4-6-8-16/h4-12,14,18,20H,3,13,23H2,1-2H3,(H,24,26). The Morgan fingerprint density at radius 1 is 1.07 bits per heavy atom. The highest BCUT2D eigenvalue weighted by atomic mass is 19.1. The molecule has 0 saturated carbocycles. The fourth-order valence-corrected chi connectivity index (χ4v) is 2.76. The third-order valence-electron chi connectivity index (χ3n) is 4.40. The van der Waals surface area contributed by atoms with Gasteiger partial charge in [0.15, 0.2) is 0 Å². The molecule has 2 rings (SSSR count). The van der Waals surface area contributed by atoms with E-state index in [2.05, 4.69) is 5.32 Å². The first kappa shape index (κ1) is 20.6. The number of halogens is 1. The molecule has 6 heteroatoms. The molecule has 0 aliphatic heterocycles. The van der Waals surface area contributed by atoms with Crippen LogP contribution in [-0.2, 0) is 14.3 Å². The number of benzene rings is 2. The van der Waals surface area contributed by atoms with Gasteiger partial charge in [-0.2, -0.15) is 0 Å². The second kappa shape index (κ2) is 9.83. The molecular formula is C21H25FN2O3. The smallest absolute Gasteiger partial charge is 0.308 e. The van der Waals surface area contributed by atoms with Crippen molar-refractivity contribution in [3.05, 3.63) is 71.5 Å². The first-order valence-corrected chi connectivity index (χ1v) is 8.94. The van der Waals surface area contributed by atoms with Crippen LogP contribution in [0.4, 0.5) is 4.39 Å². The molecule has 27 heavy (non-hydrogen) atoms. The average Bonchev–Trinajstić information content (AvgIpc) is 2.67. The van der Waals surface area contributed by atoms with Crippen molar-refractivity contribution >= 4 is 11.9 Å². The summed E-state index contributed by atoms with van der Waals surface area (Å²) in [5.41, 5.74) is 7.69. The Labute approximate surface area is 158 Å². The van der Waals surface area contributed by atoms with Gasteiger partial charge in [0, 0.05) is 6.04 Å². The first-order chi connectivity index (χ1) is 12.9. The number of carbonyl (C=O) groups excluding carboxylic acids is 2. The van der Waals surface area contributed by atoms with E-state index in [1.165, 1.54) is 12.1 Å². The number of carbonyl (C=O) groups is 2. The van der Waals surface area contributed by atoms with Crippen molar-refractivity contribution < 1.29 is 18.7 Å². The van der Waals surface area contributed by atoms with E-state index >= 15 is 0 Å². The van der Waals surface area contributed by atoms with E-state index in [0.29, 0.717) is 5.56 Å². The van der Waals surface area contributed by atoms with E-state index in [9.17, 15) is 14.0 Å². The maximum absolute atomic E-state index is 13.2. The molecule has 144 valence electrons. The number of esters is 1. The van der Waals surface area contributed by atoms with Crippen LogP contribution in [0, 0.1) is 11.7 Å². The van der Waals surface area contributed by atoms with Crippen molar-refractivity contribution in [1.82, 2.24) is 5.32 Å². The van der Waals surface area contributed by atoms with Gasteiger partial charge in [0.05, 0.1) is 25.0 Å². The van der Waals surface area contributed by atoms with E-state index in [1.54, 1.807) is 26.0 Å². The van der Waals surface area contributed by atoms with E-state index in [-0.39, 0.29) is 24.8 Å². The lowest BCUT2D eigenvalue weighted by Gasteiger charge is -2.24. The van der Waals surface area contributed by atoms with Gasteiger partial charge in [0.2, 0.25) is 5.91 Å². The molecule has 3 N–H and O–H groups in total. The summed E-state index contributed by atoms with van der Waals surface area (Å²) >= 11 is 0. The molecule has 5 nitrogen and oxygen atoms in total. The summed E-state index contributed by atoms with van der Waals surface area (Å²) in [5, 5.41) is 2.85. The monoisotopic (exact) mass is 372 g/mol. The molecule has 0 fully saturated rings. The van der Waals surface area contributed by atoms with Gasteiger partial charge in [-0.1, -0.05) is 49.4 Å². The second-order valence-corrected chi connectivity index (χ2v) is 6.35. The Balaban J connectivity index is 2.14. The summed E-state index contributed by atoms with van der Waals surface area (Å²) in [7, 11) is 0. The van der Waals surface area contributed by atoms with Crippen LogP contribution in [0.2, 0.25) is 0 Å². The highest BCUT2D eigenvalue weighted by Gasteiger charge is 2.26. The summed E-state index contributed by atoms with van der Waals surface area (Å²) in [5.74, 6) is -1.63. The van der Waals surface area contributed by atoms with Crippen molar-refractivity contribution in [3.8, 4) is 0 Å². The minimum absolute atomic E-state index is 0.0431. The lowest BCUT2D eigenvalue weighted by Crippen LogP contribution is -2.38. The Bertz CT molecular complexity index is 750. The number of hydrogen-bond acceptors (Lipinski definition) is 4. The molecule has 0 spiro atoms. The summed E-state index contributed by atoms with van der Waals surface area (Å²) in [6, 6.07) is 13.9. The van der Waals surface area contributed by atoms with Crippen molar-refractivity contribution in [2.24, 2.45) is 11.7 Å². The molecule has 2 aromatic rings. The predicted molar refractivity (Wildman–Crippen MR) is 101 cm³/mol. The molecule has 3 atom stereocenters. The number of ether oxygens (including phenoxy) is 1. The molecule has 0 aromatic heterocycles. The van der Waals surface area contributed by atoms with Crippen LogP contribution in [-0.4, -0.2) is 18.5 Å². The molecule has 1 amide bonds. The summed E-state index contributed by atoms with van der Waals surface area (Å²) in [6.07, 6.45) is -0.0431. The van der Waals surface area contributed by atoms with Crippen molar-refractivity contribution in [2.45, 2.75) is 32.4 Å². The minimum Gasteiger partial charge on any atom is -0.466 e. The van der Waals surface area contributed by atoms with Crippen molar-refractivity contribution in [2.75, 3.05) is 6.61 Å². The SMILES string of the molecule is CCOC(=O)CC(NC(=O)C(C)C(N)c1ccccc1)c1ccc(F)cc1. The molecule has 0 aliphatic carbocycles. The zero-order chi connectivity index (χ0) is 19.8. The third kappa shape index (κ3) is 5.89. The number of nitrogens with two attached hydrogens (primary N) is 1.